The van der Waals surface area contributed by atoms with E-state index in [1.807, 2.05) is 13.8 Å². The minimum atomic E-state index is -3.45. The van der Waals surface area contributed by atoms with Crippen LogP contribution in [-0.4, -0.2) is 15.0 Å². The summed E-state index contributed by atoms with van der Waals surface area (Å²) in [6.07, 6.45) is 4.67. The molecule has 1 aliphatic carbocycles. The molecule has 1 aliphatic rings. The zero-order valence-electron chi connectivity index (χ0n) is 11.6. The highest BCUT2D eigenvalue weighted by molar-refractivity contribution is 7.89. The molecule has 5 heteroatoms. The Morgan fingerprint density at radius 3 is 2.53 bits per heavy atom. The maximum absolute atomic E-state index is 12.3. The van der Waals surface area contributed by atoms with E-state index in [9.17, 15) is 8.42 Å². The van der Waals surface area contributed by atoms with E-state index in [1.54, 1.807) is 12.1 Å². The third-order valence-electron chi connectivity index (χ3n) is 3.97. The van der Waals surface area contributed by atoms with E-state index in [1.165, 1.54) is 12.8 Å². The number of anilines is 1. The van der Waals surface area contributed by atoms with Crippen molar-refractivity contribution in [3.05, 3.63) is 23.3 Å². The standard InChI is InChI=1S/C14H22N2O2S/c1-10-7-13(15)8-14(11(10)2)19(17,18)16-9-12-5-3-4-6-12/h7-8,12,16H,3-6,9,15H2,1-2H3. The first kappa shape index (κ1) is 14.3. The fourth-order valence-electron chi connectivity index (χ4n) is 2.65. The van der Waals surface area contributed by atoms with Gasteiger partial charge in [0.2, 0.25) is 10.0 Å². The number of rotatable bonds is 4. The van der Waals surface area contributed by atoms with Crippen molar-refractivity contribution in [2.45, 2.75) is 44.4 Å². The summed E-state index contributed by atoms with van der Waals surface area (Å²) in [5.74, 6) is 0.484. The van der Waals surface area contributed by atoms with Gasteiger partial charge in [0.05, 0.1) is 4.90 Å². The van der Waals surface area contributed by atoms with Crippen LogP contribution in [0.1, 0.15) is 36.8 Å². The predicted octanol–water partition coefficient (Wildman–Crippen LogP) is 2.35. The number of hydrogen-bond donors (Lipinski definition) is 2. The summed E-state index contributed by atoms with van der Waals surface area (Å²) in [5, 5.41) is 0. The minimum absolute atomic E-state index is 0.308. The Hall–Kier alpha value is -1.07. The zero-order chi connectivity index (χ0) is 14.0. The molecule has 0 radical (unpaired) electrons. The van der Waals surface area contributed by atoms with Gasteiger partial charge in [-0.25, -0.2) is 13.1 Å². The molecule has 1 saturated carbocycles. The van der Waals surface area contributed by atoms with E-state index in [2.05, 4.69) is 4.72 Å². The first-order chi connectivity index (χ1) is 8.90. The third kappa shape index (κ3) is 3.28. The second-order valence-corrected chi connectivity index (χ2v) is 7.20. The summed E-state index contributed by atoms with van der Waals surface area (Å²) in [6.45, 7) is 4.23. The van der Waals surface area contributed by atoms with Gasteiger partial charge in [0.1, 0.15) is 0 Å². The highest BCUT2D eigenvalue weighted by atomic mass is 32.2. The van der Waals surface area contributed by atoms with Crippen molar-refractivity contribution in [1.29, 1.82) is 0 Å². The summed E-state index contributed by atoms with van der Waals surface area (Å²) in [5.41, 5.74) is 7.92. The van der Waals surface area contributed by atoms with Crippen molar-refractivity contribution in [3.8, 4) is 0 Å². The number of hydrogen-bond acceptors (Lipinski definition) is 3. The molecular weight excluding hydrogens is 260 g/mol. The van der Waals surface area contributed by atoms with Crippen LogP contribution in [0, 0.1) is 19.8 Å². The molecule has 1 aromatic rings. The van der Waals surface area contributed by atoms with Crippen molar-refractivity contribution in [2.24, 2.45) is 5.92 Å². The Labute approximate surface area is 115 Å². The summed E-state index contributed by atoms with van der Waals surface area (Å²) < 4.78 is 27.4. The number of nitrogens with two attached hydrogens (primary N) is 1. The zero-order valence-corrected chi connectivity index (χ0v) is 12.4. The van der Waals surface area contributed by atoms with Gasteiger partial charge >= 0.3 is 0 Å². The maximum atomic E-state index is 12.3. The summed E-state index contributed by atoms with van der Waals surface area (Å²) in [6, 6.07) is 3.34. The molecule has 0 aromatic heterocycles. The molecule has 0 heterocycles. The molecule has 0 bridgehead atoms. The van der Waals surface area contributed by atoms with Gasteiger partial charge in [-0.2, -0.15) is 0 Å². The van der Waals surface area contributed by atoms with Crippen LogP contribution >= 0.6 is 0 Å². The normalized spacial score (nSPS) is 16.9. The van der Waals surface area contributed by atoms with Crippen molar-refractivity contribution in [1.82, 2.24) is 4.72 Å². The molecule has 1 fully saturated rings. The van der Waals surface area contributed by atoms with Gasteiger partial charge in [0, 0.05) is 12.2 Å². The van der Waals surface area contributed by atoms with Crippen LogP contribution in [0.25, 0.3) is 0 Å². The lowest BCUT2D eigenvalue weighted by Crippen LogP contribution is -2.29. The van der Waals surface area contributed by atoms with Gasteiger partial charge in [-0.3, -0.25) is 0 Å². The molecule has 0 amide bonds. The topological polar surface area (TPSA) is 72.2 Å². The molecule has 0 unspecified atom stereocenters. The molecule has 19 heavy (non-hydrogen) atoms. The van der Waals surface area contributed by atoms with Crippen LogP contribution in [0.4, 0.5) is 5.69 Å². The Bertz CT molecular complexity index is 561. The first-order valence-electron chi connectivity index (χ1n) is 6.76. The van der Waals surface area contributed by atoms with Crippen molar-refractivity contribution < 1.29 is 8.42 Å². The van der Waals surface area contributed by atoms with E-state index < -0.39 is 10.0 Å². The van der Waals surface area contributed by atoms with Crippen LogP contribution < -0.4 is 10.5 Å². The Morgan fingerprint density at radius 1 is 1.26 bits per heavy atom. The largest absolute Gasteiger partial charge is 0.399 e. The van der Waals surface area contributed by atoms with Gasteiger partial charge in [-0.1, -0.05) is 12.8 Å². The quantitative estimate of drug-likeness (QED) is 0.833. The molecule has 4 nitrogen and oxygen atoms in total. The highest BCUT2D eigenvalue weighted by Gasteiger charge is 2.21. The molecule has 0 aliphatic heterocycles. The number of aryl methyl sites for hydroxylation is 1. The third-order valence-corrected chi connectivity index (χ3v) is 5.52. The lowest BCUT2D eigenvalue weighted by Gasteiger charge is -2.14. The van der Waals surface area contributed by atoms with E-state index in [0.717, 1.165) is 24.0 Å². The average molecular weight is 282 g/mol. The molecule has 0 spiro atoms. The summed E-state index contributed by atoms with van der Waals surface area (Å²) in [4.78, 5) is 0.308. The Kier molecular flexibility index (Phi) is 4.16. The van der Waals surface area contributed by atoms with E-state index in [-0.39, 0.29) is 0 Å². The fourth-order valence-corrected chi connectivity index (χ4v) is 4.12. The Morgan fingerprint density at radius 2 is 1.89 bits per heavy atom. The van der Waals surface area contributed by atoms with Crippen molar-refractivity contribution in [2.75, 3.05) is 12.3 Å². The summed E-state index contributed by atoms with van der Waals surface area (Å²) >= 11 is 0. The summed E-state index contributed by atoms with van der Waals surface area (Å²) in [7, 11) is -3.45. The van der Waals surface area contributed by atoms with Gasteiger partial charge in [0.25, 0.3) is 0 Å². The van der Waals surface area contributed by atoms with Gasteiger partial charge in [-0.15, -0.1) is 0 Å². The molecule has 106 valence electrons. The molecule has 0 atom stereocenters. The van der Waals surface area contributed by atoms with E-state index in [4.69, 9.17) is 5.73 Å². The molecule has 0 saturated heterocycles. The highest BCUT2D eigenvalue weighted by Crippen LogP contribution is 2.26. The molecule has 1 aromatic carbocycles. The predicted molar refractivity (Wildman–Crippen MR) is 77.5 cm³/mol. The number of benzene rings is 1. The van der Waals surface area contributed by atoms with Gasteiger partial charge in [0.15, 0.2) is 0 Å². The van der Waals surface area contributed by atoms with Crippen LogP contribution in [0.2, 0.25) is 0 Å². The van der Waals surface area contributed by atoms with Crippen molar-refractivity contribution in [3.63, 3.8) is 0 Å². The number of nitrogens with one attached hydrogen (secondary N) is 1. The first-order valence-corrected chi connectivity index (χ1v) is 8.25. The monoisotopic (exact) mass is 282 g/mol. The van der Waals surface area contributed by atoms with Crippen LogP contribution in [0.3, 0.4) is 0 Å². The van der Waals surface area contributed by atoms with Crippen LogP contribution in [0.15, 0.2) is 17.0 Å². The van der Waals surface area contributed by atoms with Crippen LogP contribution in [0.5, 0.6) is 0 Å². The lowest BCUT2D eigenvalue weighted by molar-refractivity contribution is 0.519. The number of nitrogen functional groups attached to an aromatic ring is 1. The van der Waals surface area contributed by atoms with Gasteiger partial charge in [-0.05, 0) is 55.9 Å². The molecule has 2 rings (SSSR count). The second-order valence-electron chi connectivity index (χ2n) is 5.46. The van der Waals surface area contributed by atoms with Crippen molar-refractivity contribution >= 4 is 15.7 Å². The fraction of sp³-hybridized carbons (Fsp3) is 0.571. The SMILES string of the molecule is Cc1cc(N)cc(S(=O)(=O)NCC2CCCC2)c1C. The molecule has 3 N–H and O–H groups in total. The number of sulfonamides is 1. The lowest BCUT2D eigenvalue weighted by atomic mass is 10.1. The molecular formula is C14H22N2O2S. The smallest absolute Gasteiger partial charge is 0.240 e. The maximum Gasteiger partial charge on any atom is 0.240 e. The van der Waals surface area contributed by atoms with Crippen LogP contribution in [-0.2, 0) is 10.0 Å². The second kappa shape index (κ2) is 5.51. The minimum Gasteiger partial charge on any atom is -0.399 e. The average Bonchev–Trinajstić information content (AvgIpc) is 2.84. The van der Waals surface area contributed by atoms with E-state index >= 15 is 0 Å². The van der Waals surface area contributed by atoms with Gasteiger partial charge < -0.3 is 5.73 Å². The van der Waals surface area contributed by atoms with E-state index in [0.29, 0.717) is 23.0 Å². The Balaban J connectivity index is 2.19.